The van der Waals surface area contributed by atoms with Gasteiger partial charge in [-0.15, -0.1) is 0 Å². The molecule has 4 aromatic rings. The fourth-order valence-corrected chi connectivity index (χ4v) is 5.53. The number of carbonyl (C=O) groups excluding carboxylic acids is 1. The van der Waals surface area contributed by atoms with Gasteiger partial charge in [0.1, 0.15) is 0 Å². The number of benzene rings is 3. The minimum absolute atomic E-state index is 0.0254. The van der Waals surface area contributed by atoms with Crippen LogP contribution in [-0.2, 0) is 0 Å². The molecule has 0 atom stereocenters. The van der Waals surface area contributed by atoms with Gasteiger partial charge in [-0.1, -0.05) is 35.3 Å². The van der Waals surface area contributed by atoms with Crippen LogP contribution in [-0.4, -0.2) is 67.8 Å². The van der Waals surface area contributed by atoms with Gasteiger partial charge in [-0.05, 0) is 74.8 Å². The van der Waals surface area contributed by atoms with Crippen LogP contribution in [0, 0.1) is 20.8 Å². The van der Waals surface area contributed by atoms with Crippen molar-refractivity contribution in [2.24, 2.45) is 0 Å². The van der Waals surface area contributed by atoms with E-state index >= 15 is 0 Å². The molecule has 1 amide bonds. The lowest BCUT2D eigenvalue weighted by molar-refractivity contribution is -0.0495. The van der Waals surface area contributed by atoms with Gasteiger partial charge in [0.25, 0.3) is 0 Å². The van der Waals surface area contributed by atoms with Gasteiger partial charge < -0.3 is 24.6 Å². The van der Waals surface area contributed by atoms with E-state index < -0.39 is 12.7 Å². The first-order valence-electron chi connectivity index (χ1n) is 14.6. The average Bonchev–Trinajstić information content (AvgIpc) is 3.01. The second kappa shape index (κ2) is 14.1. The molecular formula is C33H34Cl2F2N6O3. The van der Waals surface area contributed by atoms with Crippen LogP contribution in [0.1, 0.15) is 16.7 Å². The van der Waals surface area contributed by atoms with Crippen molar-refractivity contribution in [2.75, 3.05) is 55.4 Å². The Kier molecular flexibility index (Phi) is 10.1. The maximum atomic E-state index is 13.5. The molecule has 242 valence electrons. The largest absolute Gasteiger partial charge is 0.433 e. The molecule has 9 nitrogen and oxygen atoms in total. The monoisotopic (exact) mass is 670 g/mol. The number of nitrogens with one attached hydrogen (secondary N) is 1. The molecule has 1 aliphatic heterocycles. The fraction of sp³-hybridized carbons (Fsp3) is 0.303. The van der Waals surface area contributed by atoms with E-state index in [1.54, 1.807) is 36.4 Å². The molecule has 0 bridgehead atoms. The van der Waals surface area contributed by atoms with E-state index in [1.807, 2.05) is 44.9 Å². The number of carbonyl (C=O) groups is 1. The van der Waals surface area contributed by atoms with Crippen LogP contribution in [0.2, 0.25) is 10.0 Å². The quantitative estimate of drug-likeness (QED) is 0.201. The van der Waals surface area contributed by atoms with E-state index in [0.717, 1.165) is 35.3 Å². The maximum Gasteiger partial charge on any atom is 0.420 e. The van der Waals surface area contributed by atoms with Gasteiger partial charge in [-0.2, -0.15) is 13.8 Å². The summed E-state index contributed by atoms with van der Waals surface area (Å²) in [4.78, 5) is 27.8. The summed E-state index contributed by atoms with van der Waals surface area (Å²) in [5.74, 6) is 0.0624. The number of halogens is 4. The number of likely N-dealkylation sites (N-methyl/N-ethyl adjacent to an activating group) is 1. The van der Waals surface area contributed by atoms with Gasteiger partial charge in [-0.25, -0.2) is 9.78 Å². The Labute approximate surface area is 276 Å². The van der Waals surface area contributed by atoms with Gasteiger partial charge in [-0.3, -0.25) is 4.90 Å². The van der Waals surface area contributed by atoms with Crippen molar-refractivity contribution in [1.29, 1.82) is 0 Å². The van der Waals surface area contributed by atoms with Gasteiger partial charge in [0, 0.05) is 61.6 Å². The zero-order valence-corrected chi connectivity index (χ0v) is 27.6. The number of hydrogen-bond acceptors (Lipinski definition) is 8. The standard InChI is InChI=1S/C33H34Cl2F2N6O3/c1-19-6-9-24(21(3)20(19)2)26-18-30(46-33(44)42(5)28-16-22(34)7-10-25(28)35)40-32(39-26)38-23-8-11-27(29(17-23)45-31(36)37)43-14-12-41(4)13-15-43/h6-11,16-18,31H,12-15H2,1-5H3,(H,38,39,40). The molecule has 1 N–H and O–H groups in total. The van der Waals surface area contributed by atoms with Crippen molar-refractivity contribution in [3.05, 3.63) is 81.3 Å². The predicted octanol–water partition coefficient (Wildman–Crippen LogP) is 8.11. The van der Waals surface area contributed by atoms with Crippen LogP contribution < -0.4 is 24.6 Å². The van der Waals surface area contributed by atoms with Crippen molar-refractivity contribution < 1.29 is 23.0 Å². The van der Waals surface area contributed by atoms with E-state index in [4.69, 9.17) is 37.7 Å². The average molecular weight is 672 g/mol. The summed E-state index contributed by atoms with van der Waals surface area (Å²) in [6, 6.07) is 15.2. The molecule has 0 unspecified atom stereocenters. The Bertz CT molecular complexity index is 1750. The van der Waals surface area contributed by atoms with E-state index in [-0.39, 0.29) is 17.6 Å². The molecule has 46 heavy (non-hydrogen) atoms. The Morgan fingerprint density at radius 1 is 0.957 bits per heavy atom. The van der Waals surface area contributed by atoms with E-state index in [9.17, 15) is 13.6 Å². The normalized spacial score (nSPS) is 13.6. The summed E-state index contributed by atoms with van der Waals surface area (Å²) in [6.07, 6.45) is -0.763. The highest BCUT2D eigenvalue weighted by Gasteiger charge is 2.22. The van der Waals surface area contributed by atoms with Gasteiger partial charge in [0.05, 0.1) is 22.1 Å². The van der Waals surface area contributed by atoms with Gasteiger partial charge in [0.15, 0.2) is 5.75 Å². The summed E-state index contributed by atoms with van der Waals surface area (Å²) in [5, 5.41) is 3.79. The highest BCUT2D eigenvalue weighted by atomic mass is 35.5. The minimum Gasteiger partial charge on any atom is -0.433 e. The summed E-state index contributed by atoms with van der Waals surface area (Å²) in [5.41, 5.74) is 5.82. The third-order valence-corrected chi connectivity index (χ3v) is 8.60. The van der Waals surface area contributed by atoms with Crippen molar-refractivity contribution >= 4 is 52.3 Å². The van der Waals surface area contributed by atoms with E-state index in [2.05, 4.69) is 15.2 Å². The van der Waals surface area contributed by atoms with Crippen molar-refractivity contribution in [3.8, 4) is 22.9 Å². The lowest BCUT2D eigenvalue weighted by Gasteiger charge is -2.34. The molecule has 5 rings (SSSR count). The Hall–Kier alpha value is -4.19. The first-order valence-corrected chi connectivity index (χ1v) is 15.3. The van der Waals surface area contributed by atoms with Crippen LogP contribution in [0.4, 0.5) is 36.6 Å². The van der Waals surface area contributed by atoms with Crippen LogP contribution in [0.5, 0.6) is 11.6 Å². The van der Waals surface area contributed by atoms with Crippen LogP contribution in [0.15, 0.2) is 54.6 Å². The first kappa shape index (κ1) is 33.2. The number of piperazine rings is 1. The molecule has 1 aromatic heterocycles. The number of amides is 1. The number of ether oxygens (including phenoxy) is 2. The van der Waals surface area contributed by atoms with Crippen molar-refractivity contribution in [1.82, 2.24) is 14.9 Å². The third-order valence-electron chi connectivity index (χ3n) is 8.05. The minimum atomic E-state index is -3.01. The summed E-state index contributed by atoms with van der Waals surface area (Å²) < 4.78 is 37.6. The van der Waals surface area contributed by atoms with Gasteiger partial charge >= 0.3 is 12.7 Å². The number of rotatable bonds is 8. The van der Waals surface area contributed by atoms with Crippen molar-refractivity contribution in [2.45, 2.75) is 27.4 Å². The van der Waals surface area contributed by atoms with Crippen LogP contribution in [0.3, 0.4) is 0 Å². The summed E-state index contributed by atoms with van der Waals surface area (Å²) in [6.45, 7) is 5.96. The topological polar surface area (TPSA) is 83.1 Å². The van der Waals surface area contributed by atoms with E-state index in [0.29, 0.717) is 45.9 Å². The predicted molar refractivity (Wildman–Crippen MR) is 179 cm³/mol. The highest BCUT2D eigenvalue weighted by molar-refractivity contribution is 6.35. The molecule has 13 heteroatoms. The molecule has 3 aromatic carbocycles. The molecule has 1 fully saturated rings. The fourth-order valence-electron chi connectivity index (χ4n) is 5.12. The lowest BCUT2D eigenvalue weighted by Crippen LogP contribution is -2.44. The van der Waals surface area contributed by atoms with Crippen LogP contribution >= 0.6 is 23.2 Å². The number of anilines is 4. The first-order chi connectivity index (χ1) is 21.9. The summed E-state index contributed by atoms with van der Waals surface area (Å²) >= 11 is 12.4. The molecule has 1 saturated heterocycles. The van der Waals surface area contributed by atoms with Crippen molar-refractivity contribution in [3.63, 3.8) is 0 Å². The number of alkyl halides is 2. The highest BCUT2D eigenvalue weighted by Crippen LogP contribution is 2.36. The molecule has 0 radical (unpaired) electrons. The number of hydrogen-bond donors (Lipinski definition) is 1. The second-order valence-corrected chi connectivity index (χ2v) is 11.9. The van der Waals surface area contributed by atoms with Crippen LogP contribution in [0.25, 0.3) is 11.3 Å². The Balaban J connectivity index is 1.50. The smallest absolute Gasteiger partial charge is 0.420 e. The third kappa shape index (κ3) is 7.60. The lowest BCUT2D eigenvalue weighted by atomic mass is 9.97. The molecule has 1 aliphatic rings. The Morgan fingerprint density at radius 3 is 2.41 bits per heavy atom. The molecule has 0 spiro atoms. The molecule has 0 saturated carbocycles. The SMILES string of the molecule is Cc1ccc(-c2cc(OC(=O)N(C)c3cc(Cl)ccc3Cl)nc(Nc3ccc(N4CCN(C)CC4)c(OC(F)F)c3)n2)c(C)c1C. The number of aromatic nitrogens is 2. The number of aryl methyl sites for hydroxylation is 1. The zero-order valence-electron chi connectivity index (χ0n) is 26.1. The zero-order chi connectivity index (χ0) is 33.1. The molecule has 0 aliphatic carbocycles. The van der Waals surface area contributed by atoms with E-state index in [1.165, 1.54) is 18.0 Å². The maximum absolute atomic E-state index is 13.5. The molecule has 2 heterocycles. The second-order valence-electron chi connectivity index (χ2n) is 11.1. The number of nitrogens with zero attached hydrogens (tertiary/aromatic N) is 5. The van der Waals surface area contributed by atoms with Gasteiger partial charge in [0.2, 0.25) is 11.8 Å². The summed E-state index contributed by atoms with van der Waals surface area (Å²) in [7, 11) is 3.52. The molecular weight excluding hydrogens is 637 g/mol. The Morgan fingerprint density at radius 2 is 1.70 bits per heavy atom.